The molecule has 100 valence electrons. The Kier molecular flexibility index (Phi) is 4.56. The van der Waals surface area contributed by atoms with Crippen molar-refractivity contribution < 1.29 is 9.50 Å². The molecule has 0 radical (unpaired) electrons. The molecule has 0 saturated carbocycles. The topological polar surface area (TPSA) is 32.3 Å². The fourth-order valence-electron chi connectivity index (χ4n) is 1.82. The van der Waals surface area contributed by atoms with Gasteiger partial charge in [-0.25, -0.2) is 4.39 Å². The molecule has 0 aliphatic carbocycles. The standard InChI is InChI=1S/C15H15BrFNO/c1-10(11-2-5-14(19)6-3-11)18-9-12-8-13(17)4-7-15(12)16/h2-8,10,18-19H,9H2,1H3. The van der Waals surface area contributed by atoms with Gasteiger partial charge in [0.1, 0.15) is 11.6 Å². The third-order valence-corrected chi connectivity index (χ3v) is 3.77. The Bertz CT molecular complexity index is 557. The van der Waals surface area contributed by atoms with E-state index in [0.29, 0.717) is 6.54 Å². The number of nitrogens with one attached hydrogen (secondary N) is 1. The second-order valence-corrected chi connectivity index (χ2v) is 5.28. The number of rotatable bonds is 4. The third kappa shape index (κ3) is 3.78. The van der Waals surface area contributed by atoms with Crippen molar-refractivity contribution in [3.8, 4) is 5.75 Å². The Balaban J connectivity index is 2.02. The molecule has 1 atom stereocenters. The molecule has 0 amide bonds. The first-order valence-electron chi connectivity index (χ1n) is 6.02. The summed E-state index contributed by atoms with van der Waals surface area (Å²) in [5.41, 5.74) is 1.95. The molecule has 0 aliphatic heterocycles. The predicted molar refractivity (Wildman–Crippen MR) is 77.5 cm³/mol. The summed E-state index contributed by atoms with van der Waals surface area (Å²) < 4.78 is 14.1. The van der Waals surface area contributed by atoms with Crippen molar-refractivity contribution in [3.05, 3.63) is 63.9 Å². The summed E-state index contributed by atoms with van der Waals surface area (Å²) in [4.78, 5) is 0. The van der Waals surface area contributed by atoms with Crippen molar-refractivity contribution in [2.24, 2.45) is 0 Å². The van der Waals surface area contributed by atoms with E-state index in [9.17, 15) is 9.50 Å². The first-order valence-corrected chi connectivity index (χ1v) is 6.82. The minimum Gasteiger partial charge on any atom is -0.508 e. The zero-order valence-corrected chi connectivity index (χ0v) is 12.1. The average Bonchev–Trinajstić information content (AvgIpc) is 2.40. The predicted octanol–water partition coefficient (Wildman–Crippen LogP) is 4.14. The van der Waals surface area contributed by atoms with Gasteiger partial charge >= 0.3 is 0 Å². The maximum Gasteiger partial charge on any atom is 0.123 e. The first kappa shape index (κ1) is 14.0. The van der Waals surface area contributed by atoms with Crippen molar-refractivity contribution in [1.29, 1.82) is 0 Å². The molecule has 2 rings (SSSR count). The summed E-state index contributed by atoms with van der Waals surface area (Å²) in [6.07, 6.45) is 0. The van der Waals surface area contributed by atoms with Crippen molar-refractivity contribution >= 4 is 15.9 Å². The fourth-order valence-corrected chi connectivity index (χ4v) is 2.21. The highest BCUT2D eigenvalue weighted by Crippen LogP contribution is 2.20. The van der Waals surface area contributed by atoms with E-state index in [1.807, 2.05) is 19.1 Å². The van der Waals surface area contributed by atoms with Crippen LogP contribution in [0.25, 0.3) is 0 Å². The molecule has 0 heterocycles. The molecule has 0 aliphatic rings. The summed E-state index contributed by atoms with van der Waals surface area (Å²) in [6, 6.07) is 11.8. The number of hydrogen-bond acceptors (Lipinski definition) is 2. The summed E-state index contributed by atoms with van der Waals surface area (Å²) in [5.74, 6) is 0.0149. The molecule has 2 aromatic carbocycles. The molecule has 2 aromatic rings. The molecular weight excluding hydrogens is 309 g/mol. The molecule has 0 aromatic heterocycles. The zero-order chi connectivity index (χ0) is 13.8. The van der Waals surface area contributed by atoms with Gasteiger partial charge in [0, 0.05) is 17.1 Å². The monoisotopic (exact) mass is 323 g/mol. The van der Waals surface area contributed by atoms with Gasteiger partial charge in [0.25, 0.3) is 0 Å². The van der Waals surface area contributed by atoms with Gasteiger partial charge in [-0.1, -0.05) is 28.1 Å². The van der Waals surface area contributed by atoms with Crippen LogP contribution >= 0.6 is 15.9 Å². The number of benzene rings is 2. The van der Waals surface area contributed by atoms with Crippen LogP contribution in [0.5, 0.6) is 5.75 Å². The quantitative estimate of drug-likeness (QED) is 0.886. The minimum atomic E-state index is -0.239. The highest BCUT2D eigenvalue weighted by Gasteiger charge is 2.07. The van der Waals surface area contributed by atoms with Crippen LogP contribution in [0.4, 0.5) is 4.39 Å². The average molecular weight is 324 g/mol. The van der Waals surface area contributed by atoms with Gasteiger partial charge in [-0.3, -0.25) is 0 Å². The Labute approximate surface area is 120 Å². The molecule has 1 unspecified atom stereocenters. The van der Waals surface area contributed by atoms with Gasteiger partial charge in [0.2, 0.25) is 0 Å². The van der Waals surface area contributed by atoms with Gasteiger partial charge in [-0.2, -0.15) is 0 Å². The largest absolute Gasteiger partial charge is 0.508 e. The van der Waals surface area contributed by atoms with Crippen molar-refractivity contribution in [3.63, 3.8) is 0 Å². The normalized spacial score (nSPS) is 12.4. The highest BCUT2D eigenvalue weighted by molar-refractivity contribution is 9.10. The van der Waals surface area contributed by atoms with Crippen molar-refractivity contribution in [1.82, 2.24) is 5.32 Å². The third-order valence-electron chi connectivity index (χ3n) is 3.00. The Hall–Kier alpha value is -1.39. The lowest BCUT2D eigenvalue weighted by Crippen LogP contribution is -2.18. The second kappa shape index (κ2) is 6.17. The van der Waals surface area contributed by atoms with Gasteiger partial charge < -0.3 is 10.4 Å². The molecular formula is C15H15BrFNO. The number of hydrogen-bond donors (Lipinski definition) is 2. The number of aromatic hydroxyl groups is 1. The zero-order valence-electron chi connectivity index (χ0n) is 10.5. The van der Waals surface area contributed by atoms with Crippen molar-refractivity contribution in [2.75, 3.05) is 0 Å². The molecule has 19 heavy (non-hydrogen) atoms. The lowest BCUT2D eigenvalue weighted by Gasteiger charge is -2.15. The number of phenolic OH excluding ortho intramolecular Hbond substituents is 1. The van der Waals surface area contributed by atoms with E-state index >= 15 is 0 Å². The Morgan fingerprint density at radius 1 is 1.21 bits per heavy atom. The lowest BCUT2D eigenvalue weighted by molar-refractivity contribution is 0.474. The van der Waals surface area contributed by atoms with Crippen LogP contribution in [-0.2, 0) is 6.54 Å². The molecule has 0 saturated heterocycles. The van der Waals surface area contributed by atoms with Crippen LogP contribution in [0.2, 0.25) is 0 Å². The number of halogens is 2. The maximum atomic E-state index is 13.2. The summed E-state index contributed by atoms with van der Waals surface area (Å²) in [5, 5.41) is 12.6. The molecule has 2 N–H and O–H groups in total. The fraction of sp³-hybridized carbons (Fsp3) is 0.200. The van der Waals surface area contributed by atoms with Crippen LogP contribution in [0.3, 0.4) is 0 Å². The summed E-state index contributed by atoms with van der Waals surface area (Å²) in [7, 11) is 0. The van der Waals surface area contributed by atoms with Gasteiger partial charge in [-0.15, -0.1) is 0 Å². The molecule has 0 spiro atoms. The van der Waals surface area contributed by atoms with E-state index in [1.54, 1.807) is 18.2 Å². The van der Waals surface area contributed by atoms with E-state index in [1.165, 1.54) is 12.1 Å². The van der Waals surface area contributed by atoms with Crippen molar-refractivity contribution in [2.45, 2.75) is 19.5 Å². The summed E-state index contributed by atoms with van der Waals surface area (Å²) >= 11 is 3.41. The van der Waals surface area contributed by atoms with E-state index < -0.39 is 0 Å². The molecule has 0 fully saturated rings. The minimum absolute atomic E-state index is 0.121. The maximum absolute atomic E-state index is 13.2. The molecule has 2 nitrogen and oxygen atoms in total. The van der Waals surface area contributed by atoms with Crippen LogP contribution < -0.4 is 5.32 Å². The Morgan fingerprint density at radius 3 is 2.58 bits per heavy atom. The van der Waals surface area contributed by atoms with E-state index in [2.05, 4.69) is 21.2 Å². The van der Waals surface area contributed by atoms with Crippen LogP contribution in [0.1, 0.15) is 24.1 Å². The summed E-state index contributed by atoms with van der Waals surface area (Å²) in [6.45, 7) is 2.60. The van der Waals surface area contributed by atoms with Crippen LogP contribution in [0, 0.1) is 5.82 Å². The number of phenols is 1. The lowest BCUT2D eigenvalue weighted by atomic mass is 10.1. The second-order valence-electron chi connectivity index (χ2n) is 4.43. The van der Waals surface area contributed by atoms with Crippen LogP contribution in [-0.4, -0.2) is 5.11 Å². The highest BCUT2D eigenvalue weighted by atomic mass is 79.9. The SMILES string of the molecule is CC(NCc1cc(F)ccc1Br)c1ccc(O)cc1. The first-order chi connectivity index (χ1) is 9.06. The molecule has 4 heteroatoms. The van der Waals surface area contributed by atoms with Crippen LogP contribution in [0.15, 0.2) is 46.9 Å². The van der Waals surface area contributed by atoms with Gasteiger partial charge in [0.05, 0.1) is 0 Å². The van der Waals surface area contributed by atoms with E-state index in [0.717, 1.165) is 15.6 Å². The van der Waals surface area contributed by atoms with E-state index in [4.69, 9.17) is 0 Å². The smallest absolute Gasteiger partial charge is 0.123 e. The molecule has 0 bridgehead atoms. The Morgan fingerprint density at radius 2 is 1.89 bits per heavy atom. The van der Waals surface area contributed by atoms with Gasteiger partial charge in [-0.05, 0) is 48.4 Å². The van der Waals surface area contributed by atoms with E-state index in [-0.39, 0.29) is 17.6 Å². The van der Waals surface area contributed by atoms with Gasteiger partial charge in [0.15, 0.2) is 0 Å².